The topological polar surface area (TPSA) is 101 Å². The zero-order valence-electron chi connectivity index (χ0n) is 7.14. The second-order valence-electron chi connectivity index (χ2n) is 2.74. The Morgan fingerprint density at radius 2 is 1.92 bits per heavy atom. The predicted molar refractivity (Wildman–Crippen MR) is 46.2 cm³/mol. The van der Waals surface area contributed by atoms with Crippen molar-refractivity contribution in [2.24, 2.45) is 11.7 Å². The Labute approximate surface area is 75.9 Å². The highest BCUT2D eigenvalue weighted by Crippen LogP contribution is 2.11. The largest absolute Gasteiger partial charge is 0.481 e. The molecule has 0 rings (SSSR count). The smallest absolute Gasteiger partial charge is 0.320 e. The van der Waals surface area contributed by atoms with Crippen molar-refractivity contribution >= 4 is 11.9 Å². The first-order chi connectivity index (χ1) is 5.99. The molecule has 0 heterocycles. The molecule has 5 heteroatoms. The maximum Gasteiger partial charge on any atom is 0.320 e. The molecule has 0 aromatic heterocycles. The summed E-state index contributed by atoms with van der Waals surface area (Å²) in [7, 11) is 0. The summed E-state index contributed by atoms with van der Waals surface area (Å²) < 4.78 is 0. The van der Waals surface area contributed by atoms with Crippen LogP contribution in [0.5, 0.6) is 0 Å². The lowest BCUT2D eigenvalue weighted by molar-refractivity contribution is -0.143. The average Bonchev–Trinajstić information content (AvgIpc) is 2.03. The van der Waals surface area contributed by atoms with E-state index in [4.69, 9.17) is 15.9 Å². The summed E-state index contributed by atoms with van der Waals surface area (Å²) in [4.78, 5) is 20.9. The highest BCUT2D eigenvalue weighted by molar-refractivity contribution is 5.75. The first-order valence-corrected chi connectivity index (χ1v) is 3.81. The van der Waals surface area contributed by atoms with Crippen molar-refractivity contribution < 1.29 is 19.8 Å². The van der Waals surface area contributed by atoms with Crippen LogP contribution in [0.2, 0.25) is 0 Å². The quantitative estimate of drug-likeness (QED) is 0.510. The molecule has 0 aromatic carbocycles. The van der Waals surface area contributed by atoms with E-state index in [1.54, 1.807) is 0 Å². The number of rotatable bonds is 6. The molecule has 4 N–H and O–H groups in total. The molecule has 0 radical (unpaired) electrons. The van der Waals surface area contributed by atoms with Gasteiger partial charge < -0.3 is 15.9 Å². The van der Waals surface area contributed by atoms with Gasteiger partial charge in [0.25, 0.3) is 0 Å². The van der Waals surface area contributed by atoms with Crippen LogP contribution in [0.3, 0.4) is 0 Å². The Balaban J connectivity index is 4.16. The Morgan fingerprint density at radius 3 is 2.23 bits per heavy atom. The molecule has 13 heavy (non-hydrogen) atoms. The molecule has 0 bridgehead atoms. The Kier molecular flexibility index (Phi) is 4.76. The molecule has 0 fully saturated rings. The third kappa shape index (κ3) is 4.27. The lowest BCUT2D eigenvalue weighted by Gasteiger charge is -2.12. The fourth-order valence-electron chi connectivity index (χ4n) is 0.906. The number of nitrogens with two attached hydrogens (primary N) is 1. The van der Waals surface area contributed by atoms with Gasteiger partial charge in [-0.15, -0.1) is 6.58 Å². The van der Waals surface area contributed by atoms with E-state index in [0.29, 0.717) is 0 Å². The van der Waals surface area contributed by atoms with Gasteiger partial charge in [0.15, 0.2) is 0 Å². The third-order valence-electron chi connectivity index (χ3n) is 1.66. The summed E-state index contributed by atoms with van der Waals surface area (Å²) in [5, 5.41) is 17.1. The van der Waals surface area contributed by atoms with E-state index in [0.717, 1.165) is 0 Å². The van der Waals surface area contributed by atoms with Crippen LogP contribution in [-0.2, 0) is 9.59 Å². The predicted octanol–water partition coefficient (Wildman–Crippen LogP) is 0.0653. The molecule has 0 aliphatic rings. The maximum atomic E-state index is 10.6. The lowest BCUT2D eigenvalue weighted by atomic mass is 9.97. The summed E-state index contributed by atoms with van der Waals surface area (Å²) in [6.07, 6.45) is 1.60. The van der Waals surface area contributed by atoms with E-state index in [1.807, 2.05) is 0 Å². The highest BCUT2D eigenvalue weighted by atomic mass is 16.4. The molecular weight excluding hydrogens is 174 g/mol. The second-order valence-corrected chi connectivity index (χ2v) is 2.74. The van der Waals surface area contributed by atoms with E-state index in [2.05, 4.69) is 6.58 Å². The van der Waals surface area contributed by atoms with Gasteiger partial charge in [-0.2, -0.15) is 0 Å². The number of carbonyl (C=O) groups is 2. The average molecular weight is 187 g/mol. The number of hydrogen-bond acceptors (Lipinski definition) is 3. The zero-order valence-corrected chi connectivity index (χ0v) is 7.14. The van der Waals surface area contributed by atoms with Crippen LogP contribution >= 0.6 is 0 Å². The number of carboxylic acid groups (broad SMARTS) is 2. The molecule has 2 atom stereocenters. The van der Waals surface area contributed by atoms with E-state index in [9.17, 15) is 9.59 Å². The molecule has 0 amide bonds. The van der Waals surface area contributed by atoms with Crippen LogP contribution in [0.15, 0.2) is 12.7 Å². The van der Waals surface area contributed by atoms with E-state index in [-0.39, 0.29) is 12.8 Å². The fraction of sp³-hybridized carbons (Fsp3) is 0.500. The van der Waals surface area contributed by atoms with Gasteiger partial charge in [0.1, 0.15) is 6.04 Å². The lowest BCUT2D eigenvalue weighted by Crippen LogP contribution is -2.34. The van der Waals surface area contributed by atoms with Crippen molar-refractivity contribution in [2.45, 2.75) is 18.9 Å². The summed E-state index contributed by atoms with van der Waals surface area (Å²) in [5.74, 6) is -2.99. The molecule has 5 nitrogen and oxygen atoms in total. The molecule has 0 aromatic rings. The molecule has 0 spiro atoms. The van der Waals surface area contributed by atoms with E-state index in [1.165, 1.54) is 6.08 Å². The molecular formula is C8H13NO4. The van der Waals surface area contributed by atoms with Crippen LogP contribution in [0.25, 0.3) is 0 Å². The normalized spacial score (nSPS) is 14.5. The number of hydrogen-bond donors (Lipinski definition) is 3. The maximum absolute atomic E-state index is 10.6. The summed E-state index contributed by atoms with van der Waals surface area (Å²) in [5.41, 5.74) is 5.19. The van der Waals surface area contributed by atoms with Crippen molar-refractivity contribution in [2.75, 3.05) is 0 Å². The van der Waals surface area contributed by atoms with Crippen molar-refractivity contribution in [3.8, 4) is 0 Å². The molecule has 0 aliphatic carbocycles. The van der Waals surface area contributed by atoms with Crippen molar-refractivity contribution in [1.29, 1.82) is 0 Å². The zero-order chi connectivity index (χ0) is 10.4. The van der Waals surface area contributed by atoms with Crippen molar-refractivity contribution in [1.82, 2.24) is 0 Å². The first kappa shape index (κ1) is 11.6. The number of allylic oxidation sites excluding steroid dienone is 1. The van der Waals surface area contributed by atoms with Gasteiger partial charge in [0.2, 0.25) is 0 Å². The Morgan fingerprint density at radius 1 is 1.38 bits per heavy atom. The van der Waals surface area contributed by atoms with Crippen LogP contribution in [0.4, 0.5) is 0 Å². The van der Waals surface area contributed by atoms with Gasteiger partial charge >= 0.3 is 11.9 Å². The van der Waals surface area contributed by atoms with Crippen molar-refractivity contribution in [3.63, 3.8) is 0 Å². The molecule has 0 aliphatic heterocycles. The van der Waals surface area contributed by atoms with Crippen LogP contribution in [0.1, 0.15) is 12.8 Å². The molecule has 74 valence electrons. The monoisotopic (exact) mass is 187 g/mol. The van der Waals surface area contributed by atoms with Crippen molar-refractivity contribution in [3.05, 3.63) is 12.7 Å². The van der Waals surface area contributed by atoms with E-state index < -0.39 is 23.9 Å². The second kappa shape index (κ2) is 5.31. The van der Waals surface area contributed by atoms with Gasteiger partial charge in [-0.3, -0.25) is 9.59 Å². The van der Waals surface area contributed by atoms with Gasteiger partial charge in [-0.1, -0.05) is 6.08 Å². The van der Waals surface area contributed by atoms with Gasteiger partial charge in [-0.05, 0) is 12.8 Å². The number of aliphatic carboxylic acids is 2. The summed E-state index contributed by atoms with van der Waals surface area (Å²) >= 11 is 0. The van der Waals surface area contributed by atoms with Crippen LogP contribution < -0.4 is 5.73 Å². The summed E-state index contributed by atoms with van der Waals surface area (Å²) in [6, 6.07) is -1.12. The minimum Gasteiger partial charge on any atom is -0.481 e. The van der Waals surface area contributed by atoms with Gasteiger partial charge in [-0.25, -0.2) is 0 Å². The SMILES string of the molecule is C=CC[C@H](C[C@H](N)C(=O)O)C(=O)O. The molecule has 0 saturated heterocycles. The first-order valence-electron chi connectivity index (χ1n) is 3.81. The number of carboxylic acids is 2. The minimum atomic E-state index is -1.18. The van der Waals surface area contributed by atoms with Crippen LogP contribution in [-0.4, -0.2) is 28.2 Å². The van der Waals surface area contributed by atoms with Gasteiger partial charge in [0, 0.05) is 0 Å². The standard InChI is InChI=1S/C8H13NO4/c1-2-3-5(7(10)11)4-6(9)8(12)13/h2,5-6H,1,3-4,9H2,(H,10,11)(H,12,13)/t5-,6+/m1/s1. The Bertz CT molecular complexity index is 214. The van der Waals surface area contributed by atoms with E-state index >= 15 is 0 Å². The van der Waals surface area contributed by atoms with Crippen LogP contribution in [0, 0.1) is 5.92 Å². The summed E-state index contributed by atoms with van der Waals surface area (Å²) in [6.45, 7) is 3.38. The minimum absolute atomic E-state index is 0.0727. The third-order valence-corrected chi connectivity index (χ3v) is 1.66. The Hall–Kier alpha value is -1.36. The molecule has 0 saturated carbocycles. The molecule has 0 unspecified atom stereocenters. The highest BCUT2D eigenvalue weighted by Gasteiger charge is 2.22. The van der Waals surface area contributed by atoms with Gasteiger partial charge in [0.05, 0.1) is 5.92 Å². The fourth-order valence-corrected chi connectivity index (χ4v) is 0.906.